The lowest BCUT2D eigenvalue weighted by Gasteiger charge is -2.08. The molecule has 2 aromatic rings. The molecule has 1 unspecified atom stereocenters. The number of hydrogen-bond acceptors (Lipinski definition) is 3. The van der Waals surface area contributed by atoms with Crippen molar-refractivity contribution in [3.8, 4) is 0 Å². The van der Waals surface area contributed by atoms with Crippen molar-refractivity contribution in [2.45, 2.75) is 18.8 Å². The number of hydrogen-bond donors (Lipinski definition) is 0. The quantitative estimate of drug-likeness (QED) is 0.796. The minimum Gasteiger partial charge on any atom is -0.311 e. The fourth-order valence-electron chi connectivity index (χ4n) is 1.71. The molecule has 0 aliphatic heterocycles. The van der Waals surface area contributed by atoms with Crippen molar-refractivity contribution in [3.05, 3.63) is 22.6 Å². The van der Waals surface area contributed by atoms with Crippen molar-refractivity contribution >= 4 is 50.5 Å². The molecule has 1 atom stereocenters. The molecule has 0 saturated carbocycles. The molecule has 0 amide bonds. The van der Waals surface area contributed by atoms with Gasteiger partial charge in [-0.1, -0.05) is 0 Å². The molecule has 0 radical (unpaired) electrons. The lowest BCUT2D eigenvalue weighted by atomic mass is 10.4. The number of rotatable bonds is 4. The molecule has 0 bridgehead atoms. The first-order valence-corrected chi connectivity index (χ1v) is 7.90. The highest BCUT2D eigenvalue weighted by atomic mass is 79.9. The minimum atomic E-state index is -0.107. The molecule has 0 saturated heterocycles. The summed E-state index contributed by atoms with van der Waals surface area (Å²) in [6.07, 6.45) is 3.88. The molecule has 17 heavy (non-hydrogen) atoms. The van der Waals surface area contributed by atoms with Crippen LogP contribution in [0.3, 0.4) is 0 Å². The molecule has 2 aromatic heterocycles. The van der Waals surface area contributed by atoms with E-state index in [1.807, 2.05) is 13.0 Å². The molecule has 92 valence electrons. The number of halogens is 2. The van der Waals surface area contributed by atoms with Gasteiger partial charge in [0.15, 0.2) is 5.65 Å². The Hall–Kier alpha value is -0.260. The molecule has 2 rings (SSSR count). The Bertz CT molecular complexity index is 527. The van der Waals surface area contributed by atoms with Gasteiger partial charge in [0.05, 0.1) is 5.38 Å². The van der Waals surface area contributed by atoms with Crippen LogP contribution < -0.4 is 0 Å². The maximum Gasteiger partial charge on any atom is 0.160 e. The Kier molecular flexibility index (Phi) is 4.33. The van der Waals surface area contributed by atoms with E-state index >= 15 is 0 Å². The van der Waals surface area contributed by atoms with Crippen LogP contribution in [0.2, 0.25) is 0 Å². The highest BCUT2D eigenvalue weighted by Gasteiger charge is 2.15. The van der Waals surface area contributed by atoms with Gasteiger partial charge < -0.3 is 4.57 Å². The minimum absolute atomic E-state index is 0.107. The standard InChI is InChI=1S/C11H13BrClN3S/c1-7(13)10-15-9-5-8(12)6-14-11(9)16(10)3-4-17-2/h5-7H,3-4H2,1-2H3. The summed E-state index contributed by atoms with van der Waals surface area (Å²) in [7, 11) is 0. The number of aromatic nitrogens is 3. The van der Waals surface area contributed by atoms with E-state index < -0.39 is 0 Å². The van der Waals surface area contributed by atoms with Crippen LogP contribution in [-0.2, 0) is 6.54 Å². The summed E-state index contributed by atoms with van der Waals surface area (Å²) in [5.74, 6) is 1.92. The van der Waals surface area contributed by atoms with Crippen LogP contribution in [-0.4, -0.2) is 26.5 Å². The van der Waals surface area contributed by atoms with E-state index in [1.165, 1.54) is 0 Å². The maximum absolute atomic E-state index is 6.17. The summed E-state index contributed by atoms with van der Waals surface area (Å²) in [5.41, 5.74) is 1.80. The molecular formula is C11H13BrClN3S. The number of aryl methyl sites for hydroxylation is 1. The normalized spacial score (nSPS) is 13.2. The fourth-order valence-corrected chi connectivity index (χ4v) is 2.56. The lowest BCUT2D eigenvalue weighted by molar-refractivity contribution is 0.717. The number of thioether (sulfide) groups is 1. The first-order chi connectivity index (χ1) is 8.13. The molecule has 0 N–H and O–H groups in total. The second-order valence-electron chi connectivity index (χ2n) is 3.73. The van der Waals surface area contributed by atoms with Gasteiger partial charge in [-0.05, 0) is 35.2 Å². The largest absolute Gasteiger partial charge is 0.311 e. The third-order valence-electron chi connectivity index (χ3n) is 2.46. The van der Waals surface area contributed by atoms with E-state index in [2.05, 4.69) is 36.7 Å². The number of fused-ring (bicyclic) bond motifs is 1. The summed E-state index contributed by atoms with van der Waals surface area (Å²) >= 11 is 11.4. The third kappa shape index (κ3) is 2.77. The third-order valence-corrected chi connectivity index (χ3v) is 3.68. The number of alkyl halides is 1. The van der Waals surface area contributed by atoms with Gasteiger partial charge >= 0.3 is 0 Å². The Morgan fingerprint density at radius 1 is 1.59 bits per heavy atom. The Labute approximate surface area is 118 Å². The van der Waals surface area contributed by atoms with E-state index in [4.69, 9.17) is 11.6 Å². The molecule has 6 heteroatoms. The SMILES string of the molecule is CSCCn1c(C(C)Cl)nc2cc(Br)cnc21. The first-order valence-electron chi connectivity index (χ1n) is 5.28. The Balaban J connectivity index is 2.54. The maximum atomic E-state index is 6.17. The van der Waals surface area contributed by atoms with Gasteiger partial charge in [-0.15, -0.1) is 11.6 Å². The van der Waals surface area contributed by atoms with E-state index in [-0.39, 0.29) is 5.38 Å². The van der Waals surface area contributed by atoms with Crippen molar-refractivity contribution in [2.75, 3.05) is 12.0 Å². The van der Waals surface area contributed by atoms with E-state index in [1.54, 1.807) is 18.0 Å². The highest BCUT2D eigenvalue weighted by molar-refractivity contribution is 9.10. The van der Waals surface area contributed by atoms with Crippen LogP contribution in [0.1, 0.15) is 18.1 Å². The Morgan fingerprint density at radius 3 is 3.00 bits per heavy atom. The topological polar surface area (TPSA) is 30.7 Å². The van der Waals surface area contributed by atoms with Crippen molar-refractivity contribution in [1.29, 1.82) is 0 Å². The van der Waals surface area contributed by atoms with Crippen molar-refractivity contribution < 1.29 is 0 Å². The van der Waals surface area contributed by atoms with Crippen LogP contribution in [0.4, 0.5) is 0 Å². The molecule has 3 nitrogen and oxygen atoms in total. The number of imidazole rings is 1. The molecule has 2 heterocycles. The summed E-state index contributed by atoms with van der Waals surface area (Å²) in [6.45, 7) is 2.83. The molecular weight excluding hydrogens is 322 g/mol. The zero-order chi connectivity index (χ0) is 12.4. The van der Waals surface area contributed by atoms with Crippen LogP contribution in [0.15, 0.2) is 16.7 Å². The number of pyridine rings is 1. The number of nitrogens with zero attached hydrogens (tertiary/aromatic N) is 3. The van der Waals surface area contributed by atoms with Gasteiger partial charge in [0.25, 0.3) is 0 Å². The molecule has 0 aliphatic rings. The van der Waals surface area contributed by atoms with E-state index in [9.17, 15) is 0 Å². The smallest absolute Gasteiger partial charge is 0.160 e. The predicted molar refractivity (Wildman–Crippen MR) is 77.9 cm³/mol. The van der Waals surface area contributed by atoms with Crippen LogP contribution in [0.5, 0.6) is 0 Å². The molecule has 0 spiro atoms. The second kappa shape index (κ2) is 5.59. The van der Waals surface area contributed by atoms with Gasteiger partial charge in [-0.25, -0.2) is 9.97 Å². The van der Waals surface area contributed by atoms with Crippen molar-refractivity contribution in [1.82, 2.24) is 14.5 Å². The molecule has 0 fully saturated rings. The van der Waals surface area contributed by atoms with Crippen LogP contribution in [0, 0.1) is 0 Å². The predicted octanol–water partition coefficient (Wildman–Crippen LogP) is 3.86. The zero-order valence-corrected chi connectivity index (χ0v) is 12.8. The summed E-state index contributed by atoms with van der Waals surface area (Å²) in [5, 5.41) is -0.107. The van der Waals surface area contributed by atoms with Crippen molar-refractivity contribution in [2.24, 2.45) is 0 Å². The fraction of sp³-hybridized carbons (Fsp3) is 0.455. The summed E-state index contributed by atoms with van der Waals surface area (Å²) in [4.78, 5) is 8.98. The van der Waals surface area contributed by atoms with E-state index in [0.717, 1.165) is 33.8 Å². The highest BCUT2D eigenvalue weighted by Crippen LogP contribution is 2.25. The summed E-state index contributed by atoms with van der Waals surface area (Å²) in [6, 6.07) is 1.97. The lowest BCUT2D eigenvalue weighted by Crippen LogP contribution is -2.06. The van der Waals surface area contributed by atoms with Gasteiger partial charge in [-0.3, -0.25) is 0 Å². The van der Waals surface area contributed by atoms with Gasteiger partial charge in [0.1, 0.15) is 11.3 Å². The Morgan fingerprint density at radius 2 is 2.35 bits per heavy atom. The van der Waals surface area contributed by atoms with Gasteiger partial charge in [-0.2, -0.15) is 11.8 Å². The van der Waals surface area contributed by atoms with E-state index in [0.29, 0.717) is 0 Å². The monoisotopic (exact) mass is 333 g/mol. The molecule has 0 aromatic carbocycles. The van der Waals surface area contributed by atoms with Crippen LogP contribution >= 0.6 is 39.3 Å². The van der Waals surface area contributed by atoms with Gasteiger partial charge in [0.2, 0.25) is 0 Å². The average Bonchev–Trinajstić information content (AvgIpc) is 2.64. The summed E-state index contributed by atoms with van der Waals surface area (Å²) < 4.78 is 3.05. The van der Waals surface area contributed by atoms with Crippen LogP contribution in [0.25, 0.3) is 11.2 Å². The first kappa shape index (κ1) is 13.2. The average molecular weight is 335 g/mol. The molecule has 0 aliphatic carbocycles. The zero-order valence-electron chi connectivity index (χ0n) is 9.65. The van der Waals surface area contributed by atoms with Crippen molar-refractivity contribution in [3.63, 3.8) is 0 Å². The van der Waals surface area contributed by atoms with Gasteiger partial charge in [0, 0.05) is 23.0 Å². The second-order valence-corrected chi connectivity index (χ2v) is 6.28.